The van der Waals surface area contributed by atoms with E-state index in [9.17, 15) is 9.18 Å². The van der Waals surface area contributed by atoms with Gasteiger partial charge in [-0.15, -0.1) is 0 Å². The van der Waals surface area contributed by atoms with Crippen molar-refractivity contribution in [2.45, 2.75) is 6.54 Å². The van der Waals surface area contributed by atoms with E-state index >= 15 is 0 Å². The number of nitrogen functional groups attached to an aromatic ring is 1. The van der Waals surface area contributed by atoms with Gasteiger partial charge in [-0.25, -0.2) is 13.5 Å². The first-order valence-corrected chi connectivity index (χ1v) is 9.32. The molecule has 0 unspecified atom stereocenters. The maximum atomic E-state index is 13.2. The van der Waals surface area contributed by atoms with Gasteiger partial charge in [0.25, 0.3) is 0 Å². The first-order chi connectivity index (χ1) is 14.0. The number of hydrogen-bond acceptors (Lipinski definition) is 2. The summed E-state index contributed by atoms with van der Waals surface area (Å²) in [7, 11) is 1.82. The summed E-state index contributed by atoms with van der Waals surface area (Å²) in [6, 6.07) is 23.8. The second-order valence-electron chi connectivity index (χ2n) is 6.93. The number of anilines is 1. The number of rotatable bonds is 5. The second kappa shape index (κ2) is 7.72. The van der Waals surface area contributed by atoms with Gasteiger partial charge >= 0.3 is 5.95 Å². The molecule has 0 spiro atoms. The molecule has 4 nitrogen and oxygen atoms in total. The summed E-state index contributed by atoms with van der Waals surface area (Å²) >= 11 is 0. The Hall–Kier alpha value is -3.73. The van der Waals surface area contributed by atoms with Gasteiger partial charge in [0.15, 0.2) is 5.78 Å². The number of benzene rings is 3. The number of carbonyl (C=O) groups is 1. The van der Waals surface area contributed by atoms with Crippen molar-refractivity contribution in [3.63, 3.8) is 0 Å². The van der Waals surface area contributed by atoms with E-state index in [2.05, 4.69) is 0 Å². The van der Waals surface area contributed by atoms with Crippen molar-refractivity contribution < 1.29 is 13.8 Å². The van der Waals surface area contributed by atoms with E-state index in [1.54, 1.807) is 21.3 Å². The maximum Gasteiger partial charge on any atom is 0.355 e. The third-order valence-corrected chi connectivity index (χ3v) is 5.05. The smallest absolute Gasteiger partial charge is 0.291 e. The number of halogens is 1. The van der Waals surface area contributed by atoms with Gasteiger partial charge < -0.3 is 0 Å². The number of nitrogens with zero attached hydrogens (tertiary/aromatic N) is 2. The average Bonchev–Trinajstić information content (AvgIpc) is 3.03. The minimum atomic E-state index is -0.294. The molecular formula is C24H21FN3O+. The molecule has 3 aromatic carbocycles. The second-order valence-corrected chi connectivity index (χ2v) is 6.93. The molecule has 5 heteroatoms. The lowest BCUT2D eigenvalue weighted by Gasteiger charge is -2.04. The summed E-state index contributed by atoms with van der Waals surface area (Å²) in [6.07, 6.45) is 1.82. The number of imidazole rings is 1. The van der Waals surface area contributed by atoms with Crippen molar-refractivity contribution in [1.29, 1.82) is 0 Å². The number of aromatic nitrogens is 2. The molecule has 0 atom stereocenters. The molecule has 0 saturated carbocycles. The Balaban J connectivity index is 1.55. The summed E-state index contributed by atoms with van der Waals surface area (Å²) in [6.45, 7) is 0.131. The zero-order valence-corrected chi connectivity index (χ0v) is 16.0. The predicted octanol–water partition coefficient (Wildman–Crippen LogP) is 4.25. The third-order valence-electron chi connectivity index (χ3n) is 5.05. The van der Waals surface area contributed by atoms with Gasteiger partial charge in [0.2, 0.25) is 0 Å². The molecule has 1 heterocycles. The molecule has 144 valence electrons. The molecule has 4 rings (SSSR count). The molecule has 0 fully saturated rings. The Labute approximate surface area is 168 Å². The molecule has 29 heavy (non-hydrogen) atoms. The van der Waals surface area contributed by atoms with Gasteiger partial charge in [0.1, 0.15) is 24.3 Å². The average molecular weight is 386 g/mol. The van der Waals surface area contributed by atoms with E-state index in [4.69, 9.17) is 5.73 Å². The SMILES string of the molecule is Cn1c(-c2ccc(F)cc2)c[n+](CC(=O)c2ccc(-c3ccccc3)cc2)c1N. The van der Waals surface area contributed by atoms with Crippen LogP contribution in [0.1, 0.15) is 10.4 Å². The largest absolute Gasteiger partial charge is 0.355 e. The Kier molecular flexibility index (Phi) is 4.96. The highest BCUT2D eigenvalue weighted by molar-refractivity contribution is 5.95. The third kappa shape index (κ3) is 3.80. The lowest BCUT2D eigenvalue weighted by atomic mass is 10.0. The molecular weight excluding hydrogens is 365 g/mol. The van der Waals surface area contributed by atoms with Crippen LogP contribution in [0, 0.1) is 5.82 Å². The van der Waals surface area contributed by atoms with Crippen molar-refractivity contribution in [3.8, 4) is 22.4 Å². The van der Waals surface area contributed by atoms with Crippen LogP contribution >= 0.6 is 0 Å². The van der Waals surface area contributed by atoms with E-state index in [1.807, 2.05) is 67.8 Å². The van der Waals surface area contributed by atoms with Gasteiger partial charge in [0, 0.05) is 11.1 Å². The molecule has 0 aliphatic carbocycles. The Bertz CT molecular complexity index is 1150. The van der Waals surface area contributed by atoms with E-state index in [-0.39, 0.29) is 18.1 Å². The van der Waals surface area contributed by atoms with Gasteiger partial charge in [-0.2, -0.15) is 0 Å². The quantitative estimate of drug-likeness (QED) is 0.412. The highest BCUT2D eigenvalue weighted by atomic mass is 19.1. The number of ketones is 1. The van der Waals surface area contributed by atoms with Crippen LogP contribution in [0.3, 0.4) is 0 Å². The number of hydrogen-bond donors (Lipinski definition) is 1. The Morgan fingerprint density at radius 2 is 1.48 bits per heavy atom. The highest BCUT2D eigenvalue weighted by Gasteiger charge is 2.20. The first-order valence-electron chi connectivity index (χ1n) is 9.32. The van der Waals surface area contributed by atoms with Crippen LogP contribution in [0.25, 0.3) is 22.4 Å². The lowest BCUT2D eigenvalue weighted by molar-refractivity contribution is -0.667. The fraction of sp³-hybridized carbons (Fsp3) is 0.0833. The van der Waals surface area contributed by atoms with Gasteiger partial charge in [-0.05, 0) is 35.4 Å². The zero-order valence-electron chi connectivity index (χ0n) is 16.0. The Morgan fingerprint density at radius 3 is 2.14 bits per heavy atom. The molecule has 0 aliphatic rings. The predicted molar refractivity (Wildman–Crippen MR) is 112 cm³/mol. The normalized spacial score (nSPS) is 10.8. The van der Waals surface area contributed by atoms with Crippen LogP contribution in [-0.4, -0.2) is 10.4 Å². The first kappa shape index (κ1) is 18.6. The number of carbonyl (C=O) groups excluding carboxylic acids is 1. The zero-order chi connectivity index (χ0) is 20.4. The van der Waals surface area contributed by atoms with Crippen LogP contribution in [0.2, 0.25) is 0 Å². The summed E-state index contributed by atoms with van der Waals surface area (Å²) in [5.74, 6) is 0.133. The molecule has 4 aromatic rings. The summed E-state index contributed by atoms with van der Waals surface area (Å²) in [5.41, 5.74) is 10.6. The molecule has 2 N–H and O–H groups in total. The van der Waals surface area contributed by atoms with Crippen molar-refractivity contribution in [2.75, 3.05) is 5.73 Å². The van der Waals surface area contributed by atoms with Crippen molar-refractivity contribution in [1.82, 2.24) is 4.57 Å². The van der Waals surface area contributed by atoms with Crippen LogP contribution in [0.5, 0.6) is 0 Å². The van der Waals surface area contributed by atoms with Crippen LogP contribution in [0.15, 0.2) is 85.1 Å². The van der Waals surface area contributed by atoms with Crippen LogP contribution in [0.4, 0.5) is 10.3 Å². The molecule has 1 aromatic heterocycles. The number of nitrogens with two attached hydrogens (primary N) is 1. The maximum absolute atomic E-state index is 13.2. The monoisotopic (exact) mass is 386 g/mol. The van der Waals surface area contributed by atoms with Gasteiger partial charge in [0.05, 0.1) is 7.05 Å². The standard InChI is InChI=1S/C24H20FN3O/c1-27-22(19-11-13-21(25)14-12-19)15-28(24(27)26)16-23(29)20-9-7-18(8-10-20)17-5-3-2-4-6-17/h2-15,26H,16H2,1H3/p+1. The Morgan fingerprint density at radius 1 is 0.897 bits per heavy atom. The van der Waals surface area contributed by atoms with Crippen LogP contribution in [-0.2, 0) is 13.6 Å². The summed E-state index contributed by atoms with van der Waals surface area (Å²) < 4.78 is 16.7. The van der Waals surface area contributed by atoms with Crippen molar-refractivity contribution in [2.24, 2.45) is 7.05 Å². The molecule has 0 aliphatic heterocycles. The minimum absolute atomic E-state index is 0.0300. The van der Waals surface area contributed by atoms with E-state index < -0.39 is 0 Å². The molecule has 0 amide bonds. The number of Topliss-reactive ketones (excluding diaryl/α,β-unsaturated/α-hetero) is 1. The van der Waals surface area contributed by atoms with Gasteiger partial charge in [-0.3, -0.25) is 10.5 Å². The topological polar surface area (TPSA) is 51.9 Å². The van der Waals surface area contributed by atoms with Gasteiger partial charge in [-0.1, -0.05) is 54.6 Å². The van der Waals surface area contributed by atoms with Crippen LogP contribution < -0.4 is 10.3 Å². The van der Waals surface area contributed by atoms with Crippen molar-refractivity contribution >= 4 is 11.7 Å². The fourth-order valence-corrected chi connectivity index (χ4v) is 3.36. The fourth-order valence-electron chi connectivity index (χ4n) is 3.36. The molecule has 0 radical (unpaired) electrons. The van der Waals surface area contributed by atoms with E-state index in [1.165, 1.54) is 12.1 Å². The van der Waals surface area contributed by atoms with Crippen molar-refractivity contribution in [3.05, 3.63) is 96.4 Å². The lowest BCUT2D eigenvalue weighted by Crippen LogP contribution is -2.39. The molecule has 0 bridgehead atoms. The molecule has 0 saturated heterocycles. The minimum Gasteiger partial charge on any atom is -0.291 e. The van der Waals surface area contributed by atoms with E-state index in [0.717, 1.165) is 22.4 Å². The highest BCUT2D eigenvalue weighted by Crippen LogP contribution is 2.21. The summed E-state index contributed by atoms with van der Waals surface area (Å²) in [5, 5.41) is 0. The summed E-state index contributed by atoms with van der Waals surface area (Å²) in [4.78, 5) is 12.8. The van der Waals surface area contributed by atoms with E-state index in [0.29, 0.717) is 11.5 Å².